The van der Waals surface area contributed by atoms with Gasteiger partial charge in [0, 0.05) is 23.5 Å². The number of aromatic nitrogens is 1. The van der Waals surface area contributed by atoms with E-state index in [1.165, 1.54) is 24.3 Å². The van der Waals surface area contributed by atoms with Gasteiger partial charge in [0.05, 0.1) is 20.9 Å². The second-order valence-electron chi connectivity index (χ2n) is 10.3. The standard InChI is InChI=1S/C28H27ClF2N2O5S/c1-15-3-2-10-32-25(15)26(34)28(36)17-5-6-18(28)13-20(12-17)39(37,38)24-11-16(4-8-21(24)29)27(35)33-19-7-9-22(30)23(31)14-19/h2-4,7-11,14,17-18,20,26,34,36H,5-6,12-13H2,1H3,(H,33,35)/t17-,18?,20-,26+,28-/m0/s1. The van der Waals surface area contributed by atoms with Crippen LogP contribution in [0.3, 0.4) is 0 Å². The molecule has 3 aromatic rings. The number of aliphatic hydroxyl groups is 2. The molecule has 2 saturated carbocycles. The van der Waals surface area contributed by atoms with Crippen LogP contribution in [0.4, 0.5) is 14.5 Å². The Balaban J connectivity index is 1.39. The van der Waals surface area contributed by atoms with Gasteiger partial charge in [0.1, 0.15) is 11.7 Å². The fraction of sp³-hybridized carbons (Fsp3) is 0.357. The molecule has 1 unspecified atom stereocenters. The van der Waals surface area contributed by atoms with E-state index in [4.69, 9.17) is 11.6 Å². The Bertz CT molecular complexity index is 1540. The highest BCUT2D eigenvalue weighted by atomic mass is 35.5. The second-order valence-corrected chi connectivity index (χ2v) is 12.9. The molecule has 0 saturated heterocycles. The normalized spacial score (nSPS) is 25.3. The second kappa shape index (κ2) is 10.2. The number of aryl methyl sites for hydroxylation is 1. The minimum Gasteiger partial charge on any atom is -0.386 e. The number of halogens is 3. The highest BCUT2D eigenvalue weighted by molar-refractivity contribution is 7.92. The van der Waals surface area contributed by atoms with Crippen LogP contribution < -0.4 is 5.32 Å². The fourth-order valence-electron chi connectivity index (χ4n) is 6.06. The predicted octanol–water partition coefficient (Wildman–Crippen LogP) is 5.00. The first-order valence-electron chi connectivity index (χ1n) is 12.5. The highest BCUT2D eigenvalue weighted by Crippen LogP contribution is 2.56. The molecule has 1 aromatic heterocycles. The van der Waals surface area contributed by atoms with Crippen molar-refractivity contribution in [2.45, 2.75) is 54.5 Å². The van der Waals surface area contributed by atoms with Crippen LogP contribution in [0.25, 0.3) is 0 Å². The van der Waals surface area contributed by atoms with Crippen molar-refractivity contribution in [2.75, 3.05) is 5.32 Å². The van der Waals surface area contributed by atoms with E-state index >= 15 is 0 Å². The Morgan fingerprint density at radius 3 is 2.44 bits per heavy atom. The van der Waals surface area contributed by atoms with Crippen molar-refractivity contribution in [1.82, 2.24) is 4.98 Å². The minimum absolute atomic E-state index is 0.00287. The van der Waals surface area contributed by atoms with Gasteiger partial charge in [-0.2, -0.15) is 0 Å². The quantitative estimate of drug-likeness (QED) is 0.380. The van der Waals surface area contributed by atoms with Crippen LogP contribution >= 0.6 is 11.6 Å². The number of nitrogens with zero attached hydrogens (tertiary/aromatic N) is 1. The number of hydrogen-bond acceptors (Lipinski definition) is 6. The number of nitrogens with one attached hydrogen (secondary N) is 1. The number of amides is 1. The van der Waals surface area contributed by atoms with E-state index in [0.29, 0.717) is 18.5 Å². The zero-order valence-electron chi connectivity index (χ0n) is 20.9. The molecule has 3 N–H and O–H groups in total. The Labute approximate surface area is 229 Å². The molecule has 1 amide bonds. The molecule has 5 atom stereocenters. The van der Waals surface area contributed by atoms with Gasteiger partial charge in [-0.05, 0) is 86.4 Å². The van der Waals surface area contributed by atoms with Gasteiger partial charge in [-0.15, -0.1) is 0 Å². The molecule has 11 heteroatoms. The monoisotopic (exact) mass is 576 g/mol. The molecular formula is C28H27ClF2N2O5S. The van der Waals surface area contributed by atoms with Gasteiger partial charge in [0.15, 0.2) is 21.5 Å². The topological polar surface area (TPSA) is 117 Å². The van der Waals surface area contributed by atoms with Crippen LogP contribution in [0, 0.1) is 30.4 Å². The summed E-state index contributed by atoms with van der Waals surface area (Å²) in [5.41, 5.74) is -0.429. The summed E-state index contributed by atoms with van der Waals surface area (Å²) in [4.78, 5) is 16.8. The lowest BCUT2D eigenvalue weighted by Gasteiger charge is -2.45. The Morgan fingerprint density at radius 2 is 1.79 bits per heavy atom. The predicted molar refractivity (Wildman–Crippen MR) is 141 cm³/mol. The van der Waals surface area contributed by atoms with Gasteiger partial charge in [-0.25, -0.2) is 17.2 Å². The Kier molecular flexibility index (Phi) is 7.26. The van der Waals surface area contributed by atoms with Gasteiger partial charge < -0.3 is 15.5 Å². The maximum atomic E-state index is 13.8. The minimum atomic E-state index is -4.04. The molecular weight excluding hydrogens is 550 g/mol. The Hall–Kier alpha value is -2.92. The number of anilines is 1. The molecule has 2 aliphatic carbocycles. The number of fused-ring (bicyclic) bond motifs is 2. The first-order valence-corrected chi connectivity index (χ1v) is 14.5. The van der Waals surface area contributed by atoms with E-state index in [1.54, 1.807) is 25.3 Å². The van der Waals surface area contributed by atoms with Crippen molar-refractivity contribution in [3.63, 3.8) is 0 Å². The van der Waals surface area contributed by atoms with Crippen molar-refractivity contribution < 1.29 is 32.2 Å². The SMILES string of the molecule is Cc1cccnc1[C@@H](O)[C@@]1(O)C2CC[C@H]1C[C@H](S(=O)(=O)c1cc(C(=O)Nc3ccc(F)c(F)c3)ccc1Cl)C2. The molecule has 206 valence electrons. The van der Waals surface area contributed by atoms with Crippen molar-refractivity contribution in [3.8, 4) is 0 Å². The fourth-order valence-corrected chi connectivity index (χ4v) is 8.47. The van der Waals surface area contributed by atoms with Gasteiger partial charge in [0.25, 0.3) is 5.91 Å². The summed E-state index contributed by atoms with van der Waals surface area (Å²) >= 11 is 6.30. The van der Waals surface area contributed by atoms with E-state index in [1.807, 2.05) is 0 Å². The number of sulfone groups is 1. The number of hydrogen-bond donors (Lipinski definition) is 3. The molecule has 2 aromatic carbocycles. The summed E-state index contributed by atoms with van der Waals surface area (Å²) < 4.78 is 54.3. The van der Waals surface area contributed by atoms with Gasteiger partial charge in [0.2, 0.25) is 0 Å². The maximum Gasteiger partial charge on any atom is 0.255 e. The van der Waals surface area contributed by atoms with Gasteiger partial charge in [-0.3, -0.25) is 9.78 Å². The van der Waals surface area contributed by atoms with E-state index in [9.17, 15) is 32.2 Å². The third-order valence-electron chi connectivity index (χ3n) is 8.13. The average Bonchev–Trinajstić information content (AvgIpc) is 3.06. The maximum absolute atomic E-state index is 13.8. The van der Waals surface area contributed by atoms with Crippen molar-refractivity contribution in [2.24, 2.45) is 11.8 Å². The molecule has 0 aliphatic heterocycles. The average molecular weight is 577 g/mol. The van der Waals surface area contributed by atoms with Crippen molar-refractivity contribution >= 4 is 33.0 Å². The number of pyridine rings is 1. The Morgan fingerprint density at radius 1 is 1.10 bits per heavy atom. The number of rotatable bonds is 6. The molecule has 2 aliphatic rings. The first-order chi connectivity index (χ1) is 18.4. The summed E-state index contributed by atoms with van der Waals surface area (Å²) in [6.07, 6.45) is 1.62. The largest absolute Gasteiger partial charge is 0.386 e. The van der Waals surface area contributed by atoms with Crippen LogP contribution in [0.5, 0.6) is 0 Å². The van der Waals surface area contributed by atoms with Crippen LogP contribution in [-0.2, 0) is 9.84 Å². The van der Waals surface area contributed by atoms with E-state index < -0.39 is 56.2 Å². The summed E-state index contributed by atoms with van der Waals surface area (Å²) in [6, 6.07) is 10.2. The van der Waals surface area contributed by atoms with Crippen LogP contribution in [0.15, 0.2) is 59.6 Å². The van der Waals surface area contributed by atoms with Crippen LogP contribution in [0.1, 0.15) is 53.4 Å². The van der Waals surface area contributed by atoms with Crippen molar-refractivity contribution in [1.29, 1.82) is 0 Å². The third kappa shape index (κ3) is 4.84. The zero-order chi connectivity index (χ0) is 28.1. The molecule has 0 radical (unpaired) electrons. The molecule has 1 heterocycles. The van der Waals surface area contributed by atoms with Crippen LogP contribution in [-0.4, -0.2) is 40.4 Å². The van der Waals surface area contributed by atoms with Gasteiger partial charge >= 0.3 is 0 Å². The summed E-state index contributed by atoms with van der Waals surface area (Å²) in [7, 11) is -4.04. The first kappa shape index (κ1) is 27.6. The molecule has 39 heavy (non-hydrogen) atoms. The lowest BCUT2D eigenvalue weighted by molar-refractivity contribution is -0.146. The van der Waals surface area contributed by atoms with E-state index in [2.05, 4.69) is 10.3 Å². The van der Waals surface area contributed by atoms with E-state index in [-0.39, 0.29) is 34.0 Å². The molecule has 2 bridgehead atoms. The van der Waals surface area contributed by atoms with Gasteiger partial charge in [-0.1, -0.05) is 17.7 Å². The summed E-state index contributed by atoms with van der Waals surface area (Å²) in [6.45, 7) is 1.80. The zero-order valence-corrected chi connectivity index (χ0v) is 22.5. The lowest BCUT2D eigenvalue weighted by atomic mass is 9.70. The number of aliphatic hydroxyl groups excluding tert-OH is 1. The third-order valence-corrected chi connectivity index (χ3v) is 10.8. The number of benzene rings is 2. The van der Waals surface area contributed by atoms with E-state index in [0.717, 1.165) is 17.7 Å². The molecule has 5 rings (SSSR count). The highest BCUT2D eigenvalue weighted by Gasteiger charge is 2.59. The number of carbonyl (C=O) groups is 1. The number of carbonyl (C=O) groups excluding carboxylic acids is 1. The molecule has 2 fully saturated rings. The summed E-state index contributed by atoms with van der Waals surface area (Å²) in [5, 5.41) is 24.4. The van der Waals surface area contributed by atoms with Crippen LogP contribution in [0.2, 0.25) is 5.02 Å². The molecule has 7 nitrogen and oxygen atoms in total. The van der Waals surface area contributed by atoms with Crippen molar-refractivity contribution in [3.05, 3.63) is 88.2 Å². The lowest BCUT2D eigenvalue weighted by Crippen LogP contribution is -2.52. The molecule has 0 spiro atoms. The smallest absolute Gasteiger partial charge is 0.255 e. The summed E-state index contributed by atoms with van der Waals surface area (Å²) in [5.74, 6) is -3.88.